The topological polar surface area (TPSA) is 57.5 Å². The van der Waals surface area contributed by atoms with Crippen LogP contribution in [0.4, 0.5) is 5.69 Å². The summed E-state index contributed by atoms with van der Waals surface area (Å²) in [7, 11) is -2.17. The normalized spacial score (nSPS) is 11.2. The highest BCUT2D eigenvalue weighted by Gasteiger charge is 2.05. The van der Waals surface area contributed by atoms with Crippen molar-refractivity contribution in [3.8, 4) is 5.75 Å². The molecule has 0 saturated heterocycles. The molecule has 0 spiro atoms. The summed E-state index contributed by atoms with van der Waals surface area (Å²) in [6.45, 7) is 3.89. The lowest BCUT2D eigenvalue weighted by Gasteiger charge is -2.22. The number of hydrogen-bond acceptors (Lipinski definition) is 3. The molecule has 0 atom stereocenters. The van der Waals surface area contributed by atoms with Crippen molar-refractivity contribution in [1.82, 2.24) is 0 Å². The molecule has 0 bridgehead atoms. The average molecular weight is 290 g/mol. The van der Waals surface area contributed by atoms with Gasteiger partial charge in [-0.2, -0.15) is 0 Å². The lowest BCUT2D eigenvalue weighted by atomic mass is 10.1. The second-order valence-corrected chi connectivity index (χ2v) is 6.11. The summed E-state index contributed by atoms with van der Waals surface area (Å²) < 4.78 is 33.2. The molecule has 2 aromatic carbocycles. The molecule has 5 heteroatoms. The first-order valence-corrected chi connectivity index (χ1v) is 7.56. The van der Waals surface area contributed by atoms with Crippen LogP contribution >= 0.6 is 0 Å². The Morgan fingerprint density at radius 3 is 2.15 bits per heavy atom. The minimum Gasteiger partial charge on any atom is -0.573 e. The van der Waals surface area contributed by atoms with Gasteiger partial charge in [-0.25, -0.2) is 8.42 Å². The zero-order chi connectivity index (χ0) is 14.8. The van der Waals surface area contributed by atoms with Crippen molar-refractivity contribution < 1.29 is 13.2 Å². The van der Waals surface area contributed by atoms with Crippen LogP contribution in [-0.2, 0) is 10.0 Å². The molecule has 0 aliphatic rings. The lowest BCUT2D eigenvalue weighted by Crippen LogP contribution is -1.98. The van der Waals surface area contributed by atoms with E-state index >= 15 is 0 Å². The summed E-state index contributed by atoms with van der Waals surface area (Å²) in [4.78, 5) is 0.150. The SMILES string of the molecule is COc1ccc(S(=O)(=O)[N-]c2ccc(C)c(C)c2)cc1. The van der Waals surface area contributed by atoms with Gasteiger partial charge in [0.25, 0.3) is 0 Å². The highest BCUT2D eigenvalue weighted by atomic mass is 32.2. The summed E-state index contributed by atoms with van der Waals surface area (Å²) >= 11 is 0. The van der Waals surface area contributed by atoms with Crippen molar-refractivity contribution in [2.45, 2.75) is 18.7 Å². The molecule has 0 aliphatic carbocycles. The van der Waals surface area contributed by atoms with E-state index in [0.29, 0.717) is 11.4 Å². The smallest absolute Gasteiger partial charge is 0.123 e. The second-order valence-electron chi connectivity index (χ2n) is 4.51. The first-order chi connectivity index (χ1) is 9.42. The highest BCUT2D eigenvalue weighted by Crippen LogP contribution is 2.29. The van der Waals surface area contributed by atoms with Crippen molar-refractivity contribution in [3.63, 3.8) is 0 Å². The molecule has 0 radical (unpaired) electrons. The molecular weight excluding hydrogens is 274 g/mol. The molecule has 2 rings (SSSR count). The van der Waals surface area contributed by atoms with Crippen molar-refractivity contribution in [3.05, 3.63) is 58.3 Å². The maximum absolute atomic E-state index is 12.2. The highest BCUT2D eigenvalue weighted by molar-refractivity contribution is 7.94. The van der Waals surface area contributed by atoms with E-state index in [4.69, 9.17) is 4.74 Å². The van der Waals surface area contributed by atoms with Gasteiger partial charge in [0.15, 0.2) is 0 Å². The van der Waals surface area contributed by atoms with Gasteiger partial charge in [-0.15, -0.1) is 5.69 Å². The molecule has 0 fully saturated rings. The van der Waals surface area contributed by atoms with Crippen LogP contribution in [0.1, 0.15) is 11.1 Å². The van der Waals surface area contributed by atoms with Crippen molar-refractivity contribution in [1.29, 1.82) is 0 Å². The third-order valence-electron chi connectivity index (χ3n) is 3.07. The zero-order valence-corrected chi connectivity index (χ0v) is 12.4. The maximum atomic E-state index is 12.2. The number of benzene rings is 2. The fourth-order valence-electron chi connectivity index (χ4n) is 1.72. The summed E-state index contributed by atoms with van der Waals surface area (Å²) in [5.41, 5.74) is 2.55. The van der Waals surface area contributed by atoms with Gasteiger partial charge in [-0.05, 0) is 49.2 Å². The lowest BCUT2D eigenvalue weighted by molar-refractivity contribution is 0.414. The fourth-order valence-corrected chi connectivity index (χ4v) is 2.70. The van der Waals surface area contributed by atoms with E-state index in [1.54, 1.807) is 24.3 Å². The average Bonchev–Trinajstić information content (AvgIpc) is 2.43. The Kier molecular flexibility index (Phi) is 3.99. The minimum atomic E-state index is -3.70. The number of aryl methyl sites for hydroxylation is 2. The van der Waals surface area contributed by atoms with Gasteiger partial charge in [-0.1, -0.05) is 18.2 Å². The van der Waals surface area contributed by atoms with Gasteiger partial charge in [0.05, 0.1) is 12.0 Å². The molecule has 0 N–H and O–H groups in total. The predicted molar refractivity (Wildman–Crippen MR) is 79.1 cm³/mol. The van der Waals surface area contributed by atoms with Gasteiger partial charge >= 0.3 is 0 Å². The number of methoxy groups -OCH3 is 1. The predicted octanol–water partition coefficient (Wildman–Crippen LogP) is 3.71. The van der Waals surface area contributed by atoms with E-state index in [-0.39, 0.29) is 4.90 Å². The van der Waals surface area contributed by atoms with Crippen LogP contribution < -0.4 is 4.74 Å². The molecule has 2 aromatic rings. The van der Waals surface area contributed by atoms with E-state index in [2.05, 4.69) is 4.72 Å². The Balaban J connectivity index is 2.27. The standard InChI is InChI=1S/C15H16NO3S/c1-11-4-5-13(10-12(11)2)16-20(17,18)15-8-6-14(19-3)7-9-15/h4-10H,1-3H3/q-1. The third-order valence-corrected chi connectivity index (χ3v) is 4.39. The first kappa shape index (κ1) is 14.4. The number of hydrogen-bond donors (Lipinski definition) is 0. The molecular formula is C15H16NO3S-. The van der Waals surface area contributed by atoms with E-state index in [1.807, 2.05) is 19.9 Å². The van der Waals surface area contributed by atoms with Crippen molar-refractivity contribution in [2.24, 2.45) is 0 Å². The fraction of sp³-hybridized carbons (Fsp3) is 0.200. The van der Waals surface area contributed by atoms with Crippen LogP contribution in [0.2, 0.25) is 0 Å². The van der Waals surface area contributed by atoms with E-state index in [9.17, 15) is 8.42 Å². The molecule has 4 nitrogen and oxygen atoms in total. The van der Waals surface area contributed by atoms with Crippen molar-refractivity contribution in [2.75, 3.05) is 7.11 Å². The number of ether oxygens (including phenoxy) is 1. The van der Waals surface area contributed by atoms with Crippen LogP contribution in [0.25, 0.3) is 4.72 Å². The molecule has 0 heterocycles. The molecule has 20 heavy (non-hydrogen) atoms. The van der Waals surface area contributed by atoms with Gasteiger partial charge in [0.1, 0.15) is 15.8 Å². The Morgan fingerprint density at radius 1 is 0.950 bits per heavy atom. The Hall–Kier alpha value is -2.01. The Morgan fingerprint density at radius 2 is 1.60 bits per heavy atom. The number of rotatable bonds is 4. The van der Waals surface area contributed by atoms with Crippen LogP contribution in [0, 0.1) is 13.8 Å². The van der Waals surface area contributed by atoms with Crippen LogP contribution in [0.15, 0.2) is 47.4 Å². The van der Waals surface area contributed by atoms with Crippen LogP contribution in [0.5, 0.6) is 5.75 Å². The summed E-state index contributed by atoms with van der Waals surface area (Å²) in [5, 5.41) is 0. The zero-order valence-electron chi connectivity index (χ0n) is 11.6. The molecule has 0 unspecified atom stereocenters. The number of sulfonamides is 1. The summed E-state index contributed by atoms with van der Waals surface area (Å²) in [6, 6.07) is 11.5. The summed E-state index contributed by atoms with van der Waals surface area (Å²) in [5.74, 6) is 0.607. The third kappa shape index (κ3) is 3.11. The first-order valence-electron chi connectivity index (χ1n) is 6.12. The minimum absolute atomic E-state index is 0.150. The van der Waals surface area contributed by atoms with Gasteiger partial charge in [-0.3, -0.25) is 0 Å². The maximum Gasteiger partial charge on any atom is 0.123 e. The molecule has 106 valence electrons. The monoisotopic (exact) mass is 290 g/mol. The van der Waals surface area contributed by atoms with Gasteiger partial charge in [0.2, 0.25) is 0 Å². The molecule has 0 aliphatic heterocycles. The van der Waals surface area contributed by atoms with Crippen molar-refractivity contribution >= 4 is 15.7 Å². The number of nitrogens with zero attached hydrogens (tertiary/aromatic N) is 1. The quantitative estimate of drug-likeness (QED) is 0.862. The molecule has 0 amide bonds. The van der Waals surface area contributed by atoms with Crippen LogP contribution in [-0.4, -0.2) is 15.5 Å². The van der Waals surface area contributed by atoms with E-state index in [1.165, 1.54) is 19.2 Å². The van der Waals surface area contributed by atoms with Gasteiger partial charge < -0.3 is 9.46 Å². The second kappa shape index (κ2) is 5.54. The van der Waals surface area contributed by atoms with Gasteiger partial charge in [0, 0.05) is 0 Å². The Bertz CT molecular complexity index is 706. The molecule has 0 aromatic heterocycles. The van der Waals surface area contributed by atoms with E-state index < -0.39 is 10.0 Å². The van der Waals surface area contributed by atoms with Crippen LogP contribution in [0.3, 0.4) is 0 Å². The largest absolute Gasteiger partial charge is 0.573 e. The molecule has 0 saturated carbocycles. The summed E-state index contributed by atoms with van der Waals surface area (Å²) in [6.07, 6.45) is 0. The Labute approximate surface area is 119 Å². The van der Waals surface area contributed by atoms with E-state index in [0.717, 1.165) is 11.1 Å².